The molecule has 2 atom stereocenters. The molecule has 0 fully saturated rings. The maximum absolute atomic E-state index is 12.1. The third kappa shape index (κ3) is 21.9. The maximum Gasteiger partial charge on any atom is 0.306 e. The summed E-state index contributed by atoms with van der Waals surface area (Å²) in [7, 11) is 5.85. The summed E-state index contributed by atoms with van der Waals surface area (Å²) >= 11 is 0. The fraction of sp³-hybridized carbons (Fsp3) is 0.923. The highest BCUT2D eigenvalue weighted by Crippen LogP contribution is 2.18. The van der Waals surface area contributed by atoms with Crippen molar-refractivity contribution in [2.45, 2.75) is 123 Å². The summed E-state index contributed by atoms with van der Waals surface area (Å²) in [4.78, 5) is 23.0. The van der Waals surface area contributed by atoms with Crippen molar-refractivity contribution in [2.75, 3.05) is 27.7 Å². The molecule has 0 aromatic carbocycles. The first-order valence-electron chi connectivity index (χ1n) is 12.8. The molecule has 0 N–H and O–H groups in total. The third-order valence-electron chi connectivity index (χ3n) is 5.82. The van der Waals surface area contributed by atoms with E-state index in [1.165, 1.54) is 70.6 Å². The van der Waals surface area contributed by atoms with Gasteiger partial charge in [-0.1, -0.05) is 97.3 Å². The number of rotatable bonds is 21. The summed E-state index contributed by atoms with van der Waals surface area (Å²) in [6, 6.07) is 0. The summed E-state index contributed by atoms with van der Waals surface area (Å²) in [5, 5.41) is 10.9. The van der Waals surface area contributed by atoms with Gasteiger partial charge in [0.05, 0.1) is 21.1 Å². The second-order valence-electron chi connectivity index (χ2n) is 10.5. The molecule has 0 radical (unpaired) electrons. The van der Waals surface area contributed by atoms with Gasteiger partial charge in [0.15, 0.2) is 6.10 Å². The molecule has 184 valence electrons. The second kappa shape index (κ2) is 18.5. The molecule has 0 spiro atoms. The molecule has 5 heteroatoms. The van der Waals surface area contributed by atoms with Crippen molar-refractivity contribution in [1.82, 2.24) is 0 Å². The fourth-order valence-electron chi connectivity index (χ4n) is 4.07. The van der Waals surface area contributed by atoms with E-state index in [4.69, 9.17) is 4.74 Å². The van der Waals surface area contributed by atoms with E-state index in [1.54, 1.807) is 0 Å². The number of ether oxygens (including phenoxy) is 1. The standard InChI is InChI=1S/C26H51NO4/c1-6-7-8-9-10-11-12-13-15-18-23(2)19-16-14-17-20-26(30)31-24(21-25(28)29)22-27(3,4)5/h23-24H,6-22H2,1-5H3. The zero-order chi connectivity index (χ0) is 23.5. The molecule has 2 unspecified atom stereocenters. The predicted octanol–water partition coefficient (Wildman–Crippen LogP) is 5.25. The zero-order valence-electron chi connectivity index (χ0n) is 21.3. The number of aliphatic carboxylic acids is 1. The summed E-state index contributed by atoms with van der Waals surface area (Å²) < 4.78 is 5.95. The van der Waals surface area contributed by atoms with Crippen molar-refractivity contribution in [1.29, 1.82) is 0 Å². The van der Waals surface area contributed by atoms with Crippen molar-refractivity contribution in [3.63, 3.8) is 0 Å². The summed E-state index contributed by atoms with van der Waals surface area (Å²) in [5.41, 5.74) is 0. The van der Waals surface area contributed by atoms with Crippen LogP contribution < -0.4 is 5.11 Å². The Balaban J connectivity index is 3.72. The predicted molar refractivity (Wildman–Crippen MR) is 126 cm³/mol. The third-order valence-corrected chi connectivity index (χ3v) is 5.82. The Labute approximate surface area is 192 Å². The van der Waals surface area contributed by atoms with E-state index in [9.17, 15) is 14.7 Å². The van der Waals surface area contributed by atoms with E-state index >= 15 is 0 Å². The average molecular weight is 442 g/mol. The summed E-state index contributed by atoms with van der Waals surface area (Å²) in [6.45, 7) is 5.07. The molecule has 0 saturated heterocycles. The molecule has 0 amide bonds. The number of carbonyl (C=O) groups is 2. The number of unbranched alkanes of at least 4 members (excludes halogenated alkanes) is 10. The molecule has 0 aromatic heterocycles. The number of hydrogen-bond acceptors (Lipinski definition) is 4. The van der Waals surface area contributed by atoms with Crippen LogP contribution in [0.15, 0.2) is 0 Å². The van der Waals surface area contributed by atoms with Gasteiger partial charge in [-0.15, -0.1) is 0 Å². The van der Waals surface area contributed by atoms with E-state index in [0.29, 0.717) is 17.4 Å². The van der Waals surface area contributed by atoms with Crippen LogP contribution in [0.3, 0.4) is 0 Å². The number of esters is 1. The Morgan fingerprint density at radius 3 is 1.77 bits per heavy atom. The first kappa shape index (κ1) is 29.9. The van der Waals surface area contributed by atoms with Gasteiger partial charge in [0, 0.05) is 18.8 Å². The molecule has 0 heterocycles. The largest absolute Gasteiger partial charge is 0.550 e. The number of nitrogens with zero attached hydrogens (tertiary/aromatic N) is 1. The fourth-order valence-corrected chi connectivity index (χ4v) is 4.07. The van der Waals surface area contributed by atoms with Gasteiger partial charge in [-0.3, -0.25) is 4.79 Å². The van der Waals surface area contributed by atoms with Crippen LogP contribution >= 0.6 is 0 Å². The minimum atomic E-state index is -1.17. The minimum Gasteiger partial charge on any atom is -0.550 e. The highest BCUT2D eigenvalue weighted by atomic mass is 16.5. The van der Waals surface area contributed by atoms with Crippen LogP contribution in [0.5, 0.6) is 0 Å². The molecule has 0 saturated carbocycles. The lowest BCUT2D eigenvalue weighted by Gasteiger charge is -2.29. The van der Waals surface area contributed by atoms with Crippen LogP contribution in [-0.4, -0.2) is 50.2 Å². The van der Waals surface area contributed by atoms with E-state index in [1.807, 2.05) is 21.1 Å². The van der Waals surface area contributed by atoms with Crippen LogP contribution in [0.2, 0.25) is 0 Å². The SMILES string of the molecule is CCCCCCCCCCCC(C)CCCCCC(=O)OC(CC(=O)[O-])C[N+](C)(C)C. The zero-order valence-corrected chi connectivity index (χ0v) is 21.3. The first-order chi connectivity index (χ1) is 14.6. The maximum atomic E-state index is 12.1. The van der Waals surface area contributed by atoms with Crippen molar-refractivity contribution in [2.24, 2.45) is 5.92 Å². The van der Waals surface area contributed by atoms with Crippen molar-refractivity contribution in [3.8, 4) is 0 Å². The topological polar surface area (TPSA) is 66.4 Å². The quantitative estimate of drug-likeness (QED) is 0.139. The van der Waals surface area contributed by atoms with Crippen LogP contribution in [0.4, 0.5) is 0 Å². The lowest BCUT2D eigenvalue weighted by molar-refractivity contribution is -0.873. The Morgan fingerprint density at radius 2 is 1.29 bits per heavy atom. The normalized spacial score (nSPS) is 13.7. The number of carboxylic acids is 1. The van der Waals surface area contributed by atoms with Gasteiger partial charge in [-0.25, -0.2) is 0 Å². The van der Waals surface area contributed by atoms with Gasteiger partial charge < -0.3 is 19.1 Å². The first-order valence-corrected chi connectivity index (χ1v) is 12.8. The number of carbonyl (C=O) groups excluding carboxylic acids is 2. The molecule has 0 rings (SSSR count). The lowest BCUT2D eigenvalue weighted by Crippen LogP contribution is -2.45. The van der Waals surface area contributed by atoms with E-state index in [-0.39, 0.29) is 12.4 Å². The number of quaternary nitrogens is 1. The van der Waals surface area contributed by atoms with E-state index in [0.717, 1.165) is 25.2 Å². The molecule has 0 aliphatic heterocycles. The van der Waals surface area contributed by atoms with E-state index < -0.39 is 12.1 Å². The highest BCUT2D eigenvalue weighted by molar-refractivity contribution is 5.70. The van der Waals surface area contributed by atoms with Gasteiger partial charge in [0.25, 0.3) is 0 Å². The molecule has 0 aromatic rings. The molecule has 5 nitrogen and oxygen atoms in total. The second-order valence-corrected chi connectivity index (χ2v) is 10.5. The van der Waals surface area contributed by atoms with Crippen LogP contribution in [-0.2, 0) is 14.3 Å². The van der Waals surface area contributed by atoms with Crippen molar-refractivity contribution < 1.29 is 23.9 Å². The molecular formula is C26H51NO4. The van der Waals surface area contributed by atoms with Crippen LogP contribution in [0.1, 0.15) is 117 Å². The van der Waals surface area contributed by atoms with Crippen LogP contribution in [0.25, 0.3) is 0 Å². The average Bonchev–Trinajstić information content (AvgIpc) is 2.64. The smallest absolute Gasteiger partial charge is 0.306 e. The Kier molecular flexibility index (Phi) is 17.8. The number of likely N-dealkylation sites (N-methyl/N-ethyl adjacent to an activating group) is 1. The van der Waals surface area contributed by atoms with Crippen LogP contribution in [0, 0.1) is 5.92 Å². The highest BCUT2D eigenvalue weighted by Gasteiger charge is 2.22. The van der Waals surface area contributed by atoms with Crippen molar-refractivity contribution in [3.05, 3.63) is 0 Å². The molecule has 31 heavy (non-hydrogen) atoms. The Hall–Kier alpha value is -1.10. The van der Waals surface area contributed by atoms with Gasteiger partial charge in [-0.05, 0) is 12.3 Å². The molecular weight excluding hydrogens is 390 g/mol. The molecule has 0 aliphatic carbocycles. The monoisotopic (exact) mass is 441 g/mol. The Morgan fingerprint density at radius 1 is 0.806 bits per heavy atom. The number of hydrogen-bond donors (Lipinski definition) is 0. The van der Waals surface area contributed by atoms with Crippen molar-refractivity contribution >= 4 is 11.9 Å². The summed E-state index contributed by atoms with van der Waals surface area (Å²) in [6.07, 6.45) is 17.4. The van der Waals surface area contributed by atoms with Gasteiger partial charge in [0.1, 0.15) is 6.54 Å². The van der Waals surface area contributed by atoms with Gasteiger partial charge >= 0.3 is 5.97 Å². The van der Waals surface area contributed by atoms with E-state index in [2.05, 4.69) is 13.8 Å². The minimum absolute atomic E-state index is 0.238. The Bertz CT molecular complexity index is 459. The van der Waals surface area contributed by atoms with Gasteiger partial charge in [0.2, 0.25) is 0 Å². The lowest BCUT2D eigenvalue weighted by atomic mass is 9.96. The molecule has 0 aliphatic rings. The summed E-state index contributed by atoms with van der Waals surface area (Å²) in [5.74, 6) is -0.705. The number of carboxylic acid groups (broad SMARTS) is 1. The molecule has 0 bridgehead atoms. The van der Waals surface area contributed by atoms with Gasteiger partial charge in [-0.2, -0.15) is 0 Å².